The van der Waals surface area contributed by atoms with Crippen LogP contribution in [-0.2, 0) is 19.6 Å². The Morgan fingerprint density at radius 1 is 1.25 bits per heavy atom. The van der Waals surface area contributed by atoms with Crippen molar-refractivity contribution in [3.05, 3.63) is 29.8 Å². The number of ether oxygens (including phenoxy) is 1. The fraction of sp³-hybridized carbons (Fsp3) is 0.500. The third-order valence-electron chi connectivity index (χ3n) is 3.32. The van der Waals surface area contributed by atoms with Gasteiger partial charge >= 0.3 is 5.97 Å². The number of amides is 1. The average molecular weight is 356 g/mol. The van der Waals surface area contributed by atoms with Crippen LogP contribution in [-0.4, -0.2) is 39.7 Å². The molecule has 2 N–H and O–H groups in total. The van der Waals surface area contributed by atoms with E-state index < -0.39 is 27.9 Å². The summed E-state index contributed by atoms with van der Waals surface area (Å²) < 4.78 is 29.6. The van der Waals surface area contributed by atoms with Crippen molar-refractivity contribution in [3.63, 3.8) is 0 Å². The van der Waals surface area contributed by atoms with Crippen LogP contribution in [0.2, 0.25) is 0 Å². The zero-order valence-corrected chi connectivity index (χ0v) is 15.0. The first-order valence-corrected chi connectivity index (χ1v) is 9.62. The van der Waals surface area contributed by atoms with Gasteiger partial charge in [0.05, 0.1) is 13.4 Å². The smallest absolute Gasteiger partial charge is 0.328 e. The van der Waals surface area contributed by atoms with Gasteiger partial charge in [0.25, 0.3) is 5.91 Å². The van der Waals surface area contributed by atoms with Crippen LogP contribution in [0.4, 0.5) is 5.69 Å². The van der Waals surface area contributed by atoms with E-state index in [1.54, 1.807) is 12.1 Å². The minimum atomic E-state index is -3.43. The lowest BCUT2D eigenvalue weighted by Crippen LogP contribution is -2.41. The Hall–Kier alpha value is -2.09. The number of nitrogens with one attached hydrogen (secondary N) is 2. The number of hydrogen-bond donors (Lipinski definition) is 2. The van der Waals surface area contributed by atoms with Gasteiger partial charge in [-0.3, -0.25) is 9.52 Å². The summed E-state index contributed by atoms with van der Waals surface area (Å²) in [4.78, 5) is 24.1. The molecule has 1 amide bonds. The Labute approximate surface area is 142 Å². The van der Waals surface area contributed by atoms with Crippen molar-refractivity contribution >= 4 is 27.6 Å². The van der Waals surface area contributed by atoms with Gasteiger partial charge in [0, 0.05) is 11.3 Å². The first-order valence-electron chi connectivity index (χ1n) is 7.73. The third-order valence-corrected chi connectivity index (χ3v) is 3.92. The quantitative estimate of drug-likeness (QED) is 0.520. The molecule has 0 aliphatic heterocycles. The van der Waals surface area contributed by atoms with Crippen LogP contribution in [0.25, 0.3) is 0 Å². The maximum absolute atomic E-state index is 12.3. The summed E-state index contributed by atoms with van der Waals surface area (Å²) in [5.41, 5.74) is 0.541. The first kappa shape index (κ1) is 20.0. The second-order valence-corrected chi connectivity index (χ2v) is 7.25. The number of esters is 1. The summed E-state index contributed by atoms with van der Waals surface area (Å²) in [5, 5.41) is 2.64. The van der Waals surface area contributed by atoms with Crippen molar-refractivity contribution in [2.75, 3.05) is 18.1 Å². The van der Waals surface area contributed by atoms with Crippen LogP contribution in [0.1, 0.15) is 43.0 Å². The van der Waals surface area contributed by atoms with Crippen molar-refractivity contribution in [2.45, 2.75) is 38.6 Å². The van der Waals surface area contributed by atoms with E-state index in [9.17, 15) is 18.0 Å². The maximum atomic E-state index is 12.3. The molecule has 134 valence electrons. The van der Waals surface area contributed by atoms with Crippen LogP contribution in [0, 0.1) is 0 Å². The monoisotopic (exact) mass is 356 g/mol. The van der Waals surface area contributed by atoms with Crippen LogP contribution >= 0.6 is 0 Å². The number of unbranched alkanes of at least 4 members (excludes halogenated alkanes) is 2. The minimum Gasteiger partial charge on any atom is -0.467 e. The van der Waals surface area contributed by atoms with Gasteiger partial charge in [-0.2, -0.15) is 0 Å². The highest BCUT2D eigenvalue weighted by molar-refractivity contribution is 7.92. The van der Waals surface area contributed by atoms with Crippen LogP contribution in [0.5, 0.6) is 0 Å². The summed E-state index contributed by atoms with van der Waals surface area (Å²) >= 11 is 0. The average Bonchev–Trinajstić information content (AvgIpc) is 2.51. The van der Waals surface area contributed by atoms with Gasteiger partial charge in [0.1, 0.15) is 6.04 Å². The molecule has 7 nitrogen and oxygen atoms in total. The van der Waals surface area contributed by atoms with Crippen LogP contribution in [0.15, 0.2) is 24.3 Å². The van der Waals surface area contributed by atoms with Gasteiger partial charge in [0.15, 0.2) is 0 Å². The zero-order chi connectivity index (χ0) is 18.2. The molecule has 0 spiro atoms. The molecule has 0 aliphatic rings. The zero-order valence-electron chi connectivity index (χ0n) is 14.2. The van der Waals surface area contributed by atoms with E-state index in [2.05, 4.69) is 10.0 Å². The molecular formula is C16H24N2O5S. The Morgan fingerprint density at radius 2 is 1.96 bits per heavy atom. The lowest BCUT2D eigenvalue weighted by Gasteiger charge is -2.16. The molecule has 0 aromatic heterocycles. The molecule has 0 saturated carbocycles. The van der Waals surface area contributed by atoms with Gasteiger partial charge in [-0.1, -0.05) is 32.3 Å². The van der Waals surface area contributed by atoms with Gasteiger partial charge in [0.2, 0.25) is 10.0 Å². The molecule has 0 aliphatic carbocycles. The second kappa shape index (κ2) is 9.27. The van der Waals surface area contributed by atoms with E-state index in [4.69, 9.17) is 4.74 Å². The van der Waals surface area contributed by atoms with E-state index in [1.165, 1.54) is 19.2 Å². The van der Waals surface area contributed by atoms with Gasteiger partial charge in [-0.15, -0.1) is 0 Å². The van der Waals surface area contributed by atoms with Crippen molar-refractivity contribution in [2.24, 2.45) is 0 Å². The molecule has 1 rings (SSSR count). The van der Waals surface area contributed by atoms with E-state index in [0.29, 0.717) is 6.42 Å². The Balaban J connectivity index is 2.83. The first-order chi connectivity index (χ1) is 11.3. The van der Waals surface area contributed by atoms with Crippen molar-refractivity contribution in [1.29, 1.82) is 0 Å². The lowest BCUT2D eigenvalue weighted by molar-refractivity contribution is -0.143. The van der Waals surface area contributed by atoms with Crippen LogP contribution in [0.3, 0.4) is 0 Å². The fourth-order valence-corrected chi connectivity index (χ4v) is 2.72. The highest BCUT2D eigenvalue weighted by Crippen LogP contribution is 2.13. The second-order valence-electron chi connectivity index (χ2n) is 5.50. The lowest BCUT2D eigenvalue weighted by atomic mass is 10.1. The largest absolute Gasteiger partial charge is 0.467 e. The molecular weight excluding hydrogens is 332 g/mol. The summed E-state index contributed by atoms with van der Waals surface area (Å²) in [6, 6.07) is 5.34. The predicted octanol–water partition coefficient (Wildman–Crippen LogP) is 1.91. The topological polar surface area (TPSA) is 102 Å². The number of methoxy groups -OCH3 is 1. The minimum absolute atomic E-state index is 0.257. The van der Waals surface area contributed by atoms with E-state index in [1.807, 2.05) is 6.92 Å². The summed E-state index contributed by atoms with van der Waals surface area (Å²) in [5.74, 6) is -0.955. The molecule has 1 atom stereocenters. The van der Waals surface area contributed by atoms with Gasteiger partial charge in [-0.05, 0) is 24.6 Å². The molecule has 0 fully saturated rings. The van der Waals surface area contributed by atoms with E-state index in [-0.39, 0.29) is 11.3 Å². The molecule has 24 heavy (non-hydrogen) atoms. The maximum Gasteiger partial charge on any atom is 0.328 e. The number of sulfonamides is 1. The highest BCUT2D eigenvalue weighted by Gasteiger charge is 2.21. The summed E-state index contributed by atoms with van der Waals surface area (Å²) in [6.45, 7) is 2.05. The molecule has 0 bridgehead atoms. The summed E-state index contributed by atoms with van der Waals surface area (Å²) in [6.07, 6.45) is 4.28. The van der Waals surface area contributed by atoms with Crippen molar-refractivity contribution < 1.29 is 22.7 Å². The molecule has 0 radical (unpaired) electrons. The van der Waals surface area contributed by atoms with Crippen molar-refractivity contribution in [3.8, 4) is 0 Å². The third kappa shape index (κ3) is 6.99. The highest BCUT2D eigenvalue weighted by atomic mass is 32.2. The number of carbonyl (C=O) groups is 2. The normalized spacial score (nSPS) is 12.3. The van der Waals surface area contributed by atoms with E-state index in [0.717, 1.165) is 25.5 Å². The molecule has 0 saturated heterocycles. The van der Waals surface area contributed by atoms with Crippen LogP contribution < -0.4 is 10.0 Å². The van der Waals surface area contributed by atoms with Crippen molar-refractivity contribution in [1.82, 2.24) is 5.32 Å². The number of carbonyl (C=O) groups excluding carboxylic acids is 2. The van der Waals surface area contributed by atoms with E-state index >= 15 is 0 Å². The molecule has 1 aromatic carbocycles. The number of rotatable bonds is 9. The number of anilines is 1. The Bertz CT molecular complexity index is 673. The molecule has 0 heterocycles. The number of hydrogen-bond acceptors (Lipinski definition) is 5. The Morgan fingerprint density at radius 3 is 2.54 bits per heavy atom. The van der Waals surface area contributed by atoms with Gasteiger partial charge in [-0.25, -0.2) is 13.2 Å². The fourth-order valence-electron chi connectivity index (χ4n) is 2.17. The molecule has 1 unspecified atom stereocenters. The predicted molar refractivity (Wildman–Crippen MR) is 92.3 cm³/mol. The SMILES string of the molecule is CCCCCC(NC(=O)c1cccc(NS(C)(=O)=O)c1)C(=O)OC. The molecule has 1 aromatic rings. The number of benzene rings is 1. The summed E-state index contributed by atoms with van der Waals surface area (Å²) in [7, 11) is -2.16. The Kier molecular flexibility index (Phi) is 7.70. The van der Waals surface area contributed by atoms with Gasteiger partial charge < -0.3 is 10.1 Å². The molecule has 8 heteroatoms. The standard InChI is InChI=1S/C16H24N2O5S/c1-4-5-6-10-14(16(20)23-2)17-15(19)12-8-7-9-13(11-12)18-24(3,21)22/h7-9,11,14,18H,4-6,10H2,1-3H3,(H,17,19).